The van der Waals surface area contributed by atoms with Crippen LogP contribution >= 0.6 is 23.2 Å². The molecule has 2 nitrogen and oxygen atoms in total. The van der Waals surface area contributed by atoms with Crippen molar-refractivity contribution in [3.05, 3.63) is 34.6 Å². The van der Waals surface area contributed by atoms with Crippen LogP contribution in [0.15, 0.2) is 18.2 Å². The molecule has 0 aliphatic heterocycles. The maximum absolute atomic E-state index is 12.9. The summed E-state index contributed by atoms with van der Waals surface area (Å²) in [5.41, 5.74) is 0.321. The summed E-state index contributed by atoms with van der Waals surface area (Å²) >= 11 is 11.5. The van der Waals surface area contributed by atoms with Crippen LogP contribution < -0.4 is 0 Å². The van der Waals surface area contributed by atoms with Crippen molar-refractivity contribution < 1.29 is 9.18 Å². The van der Waals surface area contributed by atoms with Crippen molar-refractivity contribution in [2.24, 2.45) is 0 Å². The van der Waals surface area contributed by atoms with Gasteiger partial charge in [-0.1, -0.05) is 11.6 Å². The molecule has 0 bridgehead atoms. The second-order valence-electron chi connectivity index (χ2n) is 4.26. The molecule has 100 valence electrons. The van der Waals surface area contributed by atoms with Crippen LogP contribution in [0.25, 0.3) is 0 Å². The number of alkyl halides is 1. The van der Waals surface area contributed by atoms with E-state index in [0.29, 0.717) is 24.4 Å². The molecule has 1 aromatic carbocycles. The van der Waals surface area contributed by atoms with Gasteiger partial charge in [-0.15, -0.1) is 11.6 Å². The first-order chi connectivity index (χ1) is 8.47. The molecule has 0 saturated heterocycles. The van der Waals surface area contributed by atoms with Crippen molar-refractivity contribution in [1.29, 1.82) is 0 Å². The first kappa shape index (κ1) is 15.3. The lowest BCUT2D eigenvalue weighted by Crippen LogP contribution is -2.38. The fraction of sp³-hybridized carbons (Fsp3) is 0.462. The van der Waals surface area contributed by atoms with Crippen molar-refractivity contribution in [2.45, 2.75) is 26.3 Å². The molecule has 1 rings (SSSR count). The molecule has 18 heavy (non-hydrogen) atoms. The minimum Gasteiger partial charge on any atom is -0.336 e. The molecule has 0 fully saturated rings. The van der Waals surface area contributed by atoms with E-state index in [1.165, 1.54) is 12.1 Å². The van der Waals surface area contributed by atoms with Crippen LogP contribution in [0.3, 0.4) is 0 Å². The second kappa shape index (κ2) is 6.95. The third-order valence-corrected chi connectivity index (χ3v) is 3.16. The van der Waals surface area contributed by atoms with Gasteiger partial charge in [-0.2, -0.15) is 0 Å². The van der Waals surface area contributed by atoms with Gasteiger partial charge < -0.3 is 4.90 Å². The molecule has 0 saturated carbocycles. The minimum absolute atomic E-state index is 0.0434. The molecule has 1 amide bonds. The summed E-state index contributed by atoms with van der Waals surface area (Å²) in [5.74, 6) is -0.151. The smallest absolute Gasteiger partial charge is 0.255 e. The van der Waals surface area contributed by atoms with E-state index in [0.717, 1.165) is 6.07 Å². The highest BCUT2D eigenvalue weighted by molar-refractivity contribution is 6.33. The Labute approximate surface area is 117 Å². The Morgan fingerprint density at radius 1 is 1.44 bits per heavy atom. The number of benzene rings is 1. The molecule has 0 atom stereocenters. The van der Waals surface area contributed by atoms with Gasteiger partial charge in [-0.3, -0.25) is 4.79 Å². The summed E-state index contributed by atoms with van der Waals surface area (Å²) in [6.45, 7) is 4.40. The summed E-state index contributed by atoms with van der Waals surface area (Å²) in [7, 11) is 0. The Morgan fingerprint density at radius 2 is 2.11 bits per heavy atom. The zero-order chi connectivity index (χ0) is 13.7. The first-order valence-corrected chi connectivity index (χ1v) is 6.70. The molecule has 0 aliphatic carbocycles. The molecule has 0 heterocycles. The Kier molecular flexibility index (Phi) is 5.89. The fourth-order valence-electron chi connectivity index (χ4n) is 1.64. The highest BCUT2D eigenvalue weighted by Gasteiger charge is 2.20. The van der Waals surface area contributed by atoms with E-state index in [4.69, 9.17) is 23.2 Å². The Hall–Kier alpha value is -0.800. The van der Waals surface area contributed by atoms with Crippen LogP contribution in [0.2, 0.25) is 5.02 Å². The minimum atomic E-state index is -0.451. The van der Waals surface area contributed by atoms with Gasteiger partial charge in [0.2, 0.25) is 0 Å². The van der Waals surface area contributed by atoms with Crippen LogP contribution in [0.4, 0.5) is 4.39 Å². The summed E-state index contributed by atoms with van der Waals surface area (Å²) in [4.78, 5) is 14.0. The van der Waals surface area contributed by atoms with Crippen LogP contribution in [0, 0.1) is 5.82 Å². The third kappa shape index (κ3) is 3.85. The van der Waals surface area contributed by atoms with Crippen LogP contribution in [-0.4, -0.2) is 29.3 Å². The molecule has 0 unspecified atom stereocenters. The van der Waals surface area contributed by atoms with Crippen molar-refractivity contribution in [3.8, 4) is 0 Å². The van der Waals surface area contributed by atoms with E-state index in [9.17, 15) is 9.18 Å². The normalized spacial score (nSPS) is 10.8. The third-order valence-electron chi connectivity index (χ3n) is 2.58. The molecule has 5 heteroatoms. The van der Waals surface area contributed by atoms with Gasteiger partial charge in [-0.25, -0.2) is 4.39 Å². The SMILES string of the molecule is CC(C)N(CCCCl)C(=O)c1ccc(F)cc1Cl. The van der Waals surface area contributed by atoms with Crippen LogP contribution in [-0.2, 0) is 0 Å². The lowest BCUT2D eigenvalue weighted by Gasteiger charge is -2.27. The maximum Gasteiger partial charge on any atom is 0.255 e. The Morgan fingerprint density at radius 3 is 2.61 bits per heavy atom. The van der Waals surface area contributed by atoms with Crippen LogP contribution in [0.1, 0.15) is 30.6 Å². The van der Waals surface area contributed by atoms with Gasteiger partial charge in [0.05, 0.1) is 10.6 Å². The number of hydrogen-bond acceptors (Lipinski definition) is 1. The molecule has 0 aliphatic rings. The highest BCUT2D eigenvalue weighted by atomic mass is 35.5. The topological polar surface area (TPSA) is 20.3 Å². The van der Waals surface area contributed by atoms with E-state index >= 15 is 0 Å². The average Bonchev–Trinajstić information content (AvgIpc) is 2.28. The first-order valence-electron chi connectivity index (χ1n) is 5.79. The van der Waals surface area contributed by atoms with Gasteiger partial charge in [0.1, 0.15) is 5.82 Å². The number of amides is 1. The summed E-state index contributed by atoms with van der Waals surface area (Å²) in [6, 6.07) is 3.84. The second-order valence-corrected chi connectivity index (χ2v) is 5.04. The molecular formula is C13H16Cl2FNO. The number of rotatable bonds is 5. The lowest BCUT2D eigenvalue weighted by atomic mass is 10.1. The molecule has 1 aromatic rings. The predicted octanol–water partition coefficient (Wildman–Crippen LogP) is 3.96. The lowest BCUT2D eigenvalue weighted by molar-refractivity contribution is 0.0706. The van der Waals surface area contributed by atoms with Gasteiger partial charge >= 0.3 is 0 Å². The highest BCUT2D eigenvalue weighted by Crippen LogP contribution is 2.20. The molecule has 0 aromatic heterocycles. The summed E-state index contributed by atoms with van der Waals surface area (Å²) < 4.78 is 12.9. The van der Waals surface area contributed by atoms with Gasteiger partial charge in [0.15, 0.2) is 0 Å². The maximum atomic E-state index is 12.9. The van der Waals surface area contributed by atoms with E-state index in [1.54, 1.807) is 4.90 Å². The van der Waals surface area contributed by atoms with E-state index < -0.39 is 5.82 Å². The average molecular weight is 292 g/mol. The fourth-order valence-corrected chi connectivity index (χ4v) is 2.01. The van der Waals surface area contributed by atoms with Crippen molar-refractivity contribution in [1.82, 2.24) is 4.90 Å². The van der Waals surface area contributed by atoms with E-state index in [-0.39, 0.29) is 17.0 Å². The van der Waals surface area contributed by atoms with E-state index in [1.807, 2.05) is 13.8 Å². The zero-order valence-electron chi connectivity index (χ0n) is 10.4. The van der Waals surface area contributed by atoms with Gasteiger partial charge in [0.25, 0.3) is 5.91 Å². The van der Waals surface area contributed by atoms with Crippen LogP contribution in [0.5, 0.6) is 0 Å². The van der Waals surface area contributed by atoms with Crippen molar-refractivity contribution in [2.75, 3.05) is 12.4 Å². The van der Waals surface area contributed by atoms with E-state index in [2.05, 4.69) is 0 Å². The standard InChI is InChI=1S/C13H16Cl2FNO/c1-9(2)17(7-3-6-14)13(18)11-5-4-10(16)8-12(11)15/h4-5,8-9H,3,6-7H2,1-2H3. The molecular weight excluding hydrogens is 276 g/mol. The number of halogens is 3. The molecule has 0 radical (unpaired) electrons. The number of nitrogens with zero attached hydrogens (tertiary/aromatic N) is 1. The van der Waals surface area contributed by atoms with Crippen molar-refractivity contribution >= 4 is 29.1 Å². The summed E-state index contributed by atoms with van der Waals surface area (Å²) in [5, 5.41) is 0.136. The monoisotopic (exact) mass is 291 g/mol. The van der Waals surface area contributed by atoms with Gasteiger partial charge in [0, 0.05) is 18.5 Å². The number of hydrogen-bond donors (Lipinski definition) is 0. The zero-order valence-corrected chi connectivity index (χ0v) is 11.9. The quantitative estimate of drug-likeness (QED) is 0.752. The largest absolute Gasteiger partial charge is 0.336 e. The van der Waals surface area contributed by atoms with Crippen molar-refractivity contribution in [3.63, 3.8) is 0 Å². The number of carbonyl (C=O) groups excluding carboxylic acids is 1. The molecule has 0 spiro atoms. The number of carbonyl (C=O) groups is 1. The Bertz CT molecular complexity index is 423. The molecule has 0 N–H and O–H groups in total. The van der Waals surface area contributed by atoms with Gasteiger partial charge in [-0.05, 0) is 38.5 Å². The predicted molar refractivity (Wildman–Crippen MR) is 72.9 cm³/mol. The Balaban J connectivity index is 2.94. The summed E-state index contributed by atoms with van der Waals surface area (Å²) in [6.07, 6.45) is 0.713.